The van der Waals surface area contributed by atoms with E-state index in [1.165, 1.54) is 36.4 Å². The Morgan fingerprint density at radius 3 is 2.37 bits per heavy atom. The molecule has 1 N–H and O–H groups in total. The Kier molecular flexibility index (Phi) is 7.47. The van der Waals surface area contributed by atoms with E-state index in [1.807, 2.05) is 0 Å². The first kappa shape index (κ1) is 22.3. The molecule has 138 valence electrons. The largest absolute Gasteiger partial charge is 1.00 e. The number of halogens is 2. The fourth-order valence-corrected chi connectivity index (χ4v) is 4.39. The molecule has 0 heterocycles. The predicted octanol–water partition coefficient (Wildman–Crippen LogP) is -1.53. The molecule has 5 nitrogen and oxygen atoms in total. The van der Waals surface area contributed by atoms with Crippen molar-refractivity contribution in [3.05, 3.63) is 63.9 Å². The predicted molar refractivity (Wildman–Crippen MR) is 92.6 cm³/mol. The summed E-state index contributed by atoms with van der Waals surface area (Å²) < 4.78 is 41.1. The minimum atomic E-state index is -3.65. The number of sulfonamides is 1. The summed E-state index contributed by atoms with van der Waals surface area (Å²) in [5.41, 5.74) is 1.71. The first-order valence-electron chi connectivity index (χ1n) is 8.00. The number of benzene rings is 2. The second-order valence-corrected chi connectivity index (χ2v) is 8.54. The Morgan fingerprint density at radius 1 is 1.19 bits per heavy atom. The van der Waals surface area contributed by atoms with Crippen LogP contribution in [0.5, 0.6) is 0 Å². The number of carboxylic acid groups (broad SMARTS) is 1. The molecule has 0 saturated carbocycles. The summed E-state index contributed by atoms with van der Waals surface area (Å²) in [5.74, 6) is -1.94. The van der Waals surface area contributed by atoms with E-state index in [1.54, 1.807) is 0 Å². The zero-order valence-corrected chi connectivity index (χ0v) is 18.2. The van der Waals surface area contributed by atoms with Gasteiger partial charge in [-0.25, -0.2) is 17.5 Å². The first-order valence-corrected chi connectivity index (χ1v) is 9.86. The van der Waals surface area contributed by atoms with E-state index in [0.29, 0.717) is 17.9 Å². The zero-order valence-electron chi connectivity index (χ0n) is 14.7. The van der Waals surface area contributed by atoms with Crippen molar-refractivity contribution in [2.24, 2.45) is 5.92 Å². The molecule has 27 heavy (non-hydrogen) atoms. The van der Waals surface area contributed by atoms with Gasteiger partial charge in [0, 0.05) is 24.0 Å². The molecule has 2 aromatic rings. The maximum Gasteiger partial charge on any atom is 1.00 e. The molecule has 0 radical (unpaired) electrons. The number of rotatable bonds is 6. The van der Waals surface area contributed by atoms with E-state index >= 15 is 0 Å². The minimum absolute atomic E-state index is 0. The van der Waals surface area contributed by atoms with Gasteiger partial charge in [0.05, 0.1) is 4.90 Å². The second-order valence-electron chi connectivity index (χ2n) is 6.34. The number of carbonyl (C=O) groups is 1. The monoisotopic (exact) mass is 419 g/mol. The van der Waals surface area contributed by atoms with E-state index < -0.39 is 28.2 Å². The summed E-state index contributed by atoms with van der Waals surface area (Å²) in [6, 6.07) is 8.73. The van der Waals surface area contributed by atoms with E-state index in [9.17, 15) is 22.7 Å². The van der Waals surface area contributed by atoms with Crippen LogP contribution in [0.15, 0.2) is 41.3 Å². The van der Waals surface area contributed by atoms with Gasteiger partial charge in [-0.15, -0.1) is 0 Å². The van der Waals surface area contributed by atoms with Crippen molar-refractivity contribution in [1.82, 2.24) is 4.72 Å². The summed E-state index contributed by atoms with van der Waals surface area (Å²) in [5, 5.41) is 11.1. The van der Waals surface area contributed by atoms with Crippen molar-refractivity contribution in [3.8, 4) is 0 Å². The molecule has 0 aromatic heterocycles. The summed E-state index contributed by atoms with van der Waals surface area (Å²) in [7, 11) is -3.65. The molecular formula is C18H16ClFNNaO4S. The van der Waals surface area contributed by atoms with Gasteiger partial charge in [0.1, 0.15) is 5.82 Å². The van der Waals surface area contributed by atoms with Crippen LogP contribution < -0.4 is 39.4 Å². The number of hydrogen-bond donors (Lipinski definition) is 1. The van der Waals surface area contributed by atoms with Crippen LogP contribution in [-0.4, -0.2) is 20.9 Å². The molecular weight excluding hydrogens is 404 g/mol. The summed E-state index contributed by atoms with van der Waals surface area (Å²) >= 11 is 5.76. The molecule has 0 amide bonds. The van der Waals surface area contributed by atoms with E-state index in [2.05, 4.69) is 4.72 Å². The number of aliphatic carboxylic acids is 1. The third-order valence-corrected chi connectivity index (χ3v) is 6.10. The fraction of sp³-hybridized carbons (Fsp3) is 0.278. The molecule has 1 aliphatic rings. The number of fused-ring (bicyclic) bond motifs is 1. The second kappa shape index (κ2) is 9.03. The van der Waals surface area contributed by atoms with Gasteiger partial charge in [-0.1, -0.05) is 17.7 Å². The van der Waals surface area contributed by atoms with Crippen LogP contribution >= 0.6 is 11.6 Å². The van der Waals surface area contributed by atoms with Crippen LogP contribution in [0.2, 0.25) is 5.02 Å². The van der Waals surface area contributed by atoms with E-state index in [4.69, 9.17) is 11.6 Å². The van der Waals surface area contributed by atoms with Crippen LogP contribution in [0.1, 0.15) is 16.7 Å². The SMILES string of the molecule is O=C([O-])Cc1cc2c(cc1F)CC(CNS(=O)(=O)c1ccc(Cl)cc1)C2.[Na+]. The van der Waals surface area contributed by atoms with Crippen molar-refractivity contribution in [2.75, 3.05) is 6.54 Å². The number of hydrogen-bond acceptors (Lipinski definition) is 4. The molecule has 0 spiro atoms. The normalized spacial score (nSPS) is 15.9. The molecule has 3 rings (SSSR count). The number of nitrogens with one attached hydrogen (secondary N) is 1. The molecule has 0 fully saturated rings. The van der Waals surface area contributed by atoms with Gasteiger partial charge in [0.25, 0.3) is 0 Å². The number of carboxylic acids is 1. The molecule has 0 saturated heterocycles. The zero-order chi connectivity index (χ0) is 18.9. The molecule has 9 heteroatoms. The maximum absolute atomic E-state index is 13.9. The van der Waals surface area contributed by atoms with Gasteiger partial charge >= 0.3 is 29.6 Å². The van der Waals surface area contributed by atoms with Crippen molar-refractivity contribution < 1.29 is 52.3 Å². The van der Waals surface area contributed by atoms with Crippen LogP contribution in [0.4, 0.5) is 4.39 Å². The van der Waals surface area contributed by atoms with Gasteiger partial charge in [0.2, 0.25) is 10.0 Å². The smallest absolute Gasteiger partial charge is 0.550 e. The quantitative estimate of drug-likeness (QED) is 0.576. The summed E-state index contributed by atoms with van der Waals surface area (Å²) in [6.45, 7) is 0.205. The molecule has 0 aliphatic heterocycles. The minimum Gasteiger partial charge on any atom is -0.550 e. The summed E-state index contributed by atoms with van der Waals surface area (Å²) in [6.07, 6.45) is 0.604. The van der Waals surface area contributed by atoms with Crippen molar-refractivity contribution >= 4 is 27.6 Å². The van der Waals surface area contributed by atoms with Gasteiger partial charge in [-0.3, -0.25) is 0 Å². The van der Waals surface area contributed by atoms with Crippen LogP contribution in [0, 0.1) is 11.7 Å². The van der Waals surface area contributed by atoms with Crippen molar-refractivity contribution in [3.63, 3.8) is 0 Å². The van der Waals surface area contributed by atoms with Gasteiger partial charge in [0.15, 0.2) is 0 Å². The third kappa shape index (κ3) is 5.53. The first-order chi connectivity index (χ1) is 12.2. The topological polar surface area (TPSA) is 86.3 Å². The van der Waals surface area contributed by atoms with Gasteiger partial charge in [-0.05, 0) is 65.8 Å². The van der Waals surface area contributed by atoms with Crippen LogP contribution in [0.3, 0.4) is 0 Å². The van der Waals surface area contributed by atoms with E-state index in [-0.39, 0.29) is 52.5 Å². The van der Waals surface area contributed by atoms with Gasteiger partial charge in [-0.2, -0.15) is 0 Å². The molecule has 1 atom stereocenters. The van der Waals surface area contributed by atoms with Crippen molar-refractivity contribution in [2.45, 2.75) is 24.2 Å². The Hall–Kier alpha value is -0.960. The third-order valence-electron chi connectivity index (χ3n) is 4.41. The van der Waals surface area contributed by atoms with Gasteiger partial charge < -0.3 is 9.90 Å². The molecule has 1 unspecified atom stereocenters. The van der Waals surface area contributed by atoms with Crippen LogP contribution in [0.25, 0.3) is 0 Å². The summed E-state index contributed by atoms with van der Waals surface area (Å²) in [4.78, 5) is 10.8. The fourth-order valence-electron chi connectivity index (χ4n) is 3.14. The van der Waals surface area contributed by atoms with Crippen LogP contribution in [-0.2, 0) is 34.1 Å². The Balaban J connectivity index is 0.00000261. The molecule has 1 aliphatic carbocycles. The number of carbonyl (C=O) groups excluding carboxylic acids is 1. The maximum atomic E-state index is 13.9. The Morgan fingerprint density at radius 2 is 1.78 bits per heavy atom. The average molecular weight is 420 g/mol. The standard InChI is InChI=1S/C18H17ClFNO4S.Na/c19-15-1-3-16(4-2-15)26(24,25)21-10-11-5-12-7-14(9-18(22)23)17(20)8-13(12)6-11;/h1-4,7-8,11,21H,5-6,9-10H2,(H,22,23);/q;+1/p-1. The molecule has 0 bridgehead atoms. The average Bonchev–Trinajstić information content (AvgIpc) is 2.95. The Labute approximate surface area is 184 Å². The molecule has 2 aromatic carbocycles. The van der Waals surface area contributed by atoms with Crippen molar-refractivity contribution in [1.29, 1.82) is 0 Å². The van der Waals surface area contributed by atoms with E-state index in [0.717, 1.165) is 11.1 Å². The Bertz CT molecular complexity index is 951.